The lowest BCUT2D eigenvalue weighted by Gasteiger charge is -2.36. The first-order chi connectivity index (χ1) is 15.8. The van der Waals surface area contributed by atoms with Gasteiger partial charge in [-0.1, -0.05) is 30.2 Å². The minimum absolute atomic E-state index is 0.0193. The number of hydrogen-bond acceptors (Lipinski definition) is 5. The van der Waals surface area contributed by atoms with Crippen molar-refractivity contribution >= 4 is 44.7 Å². The first-order valence-corrected chi connectivity index (χ1v) is 12.9. The van der Waals surface area contributed by atoms with Crippen LogP contribution in [0.4, 0.5) is 15.8 Å². The second kappa shape index (κ2) is 8.61. The van der Waals surface area contributed by atoms with E-state index in [2.05, 4.69) is 4.40 Å². The van der Waals surface area contributed by atoms with Gasteiger partial charge in [-0.25, -0.2) is 4.39 Å². The number of fused-ring (bicyclic) bond motifs is 3. The summed E-state index contributed by atoms with van der Waals surface area (Å²) < 4.78 is 44.0. The number of hydrogen-bond donors (Lipinski definition) is 0. The van der Waals surface area contributed by atoms with E-state index in [1.54, 1.807) is 29.2 Å². The number of amides is 1. The maximum absolute atomic E-state index is 14.1. The lowest BCUT2D eigenvalue weighted by Crippen LogP contribution is -2.49. The molecule has 0 atom stereocenters. The number of anilines is 2. The van der Waals surface area contributed by atoms with Crippen LogP contribution in [-0.2, 0) is 10.0 Å². The van der Waals surface area contributed by atoms with Gasteiger partial charge in [0.1, 0.15) is 16.5 Å². The van der Waals surface area contributed by atoms with Crippen molar-refractivity contribution in [2.75, 3.05) is 42.5 Å². The normalized spacial score (nSPS) is 19.9. The zero-order chi connectivity index (χ0) is 23.2. The van der Waals surface area contributed by atoms with E-state index in [4.69, 9.17) is 11.6 Å². The molecule has 0 bridgehead atoms. The number of amidine groups is 1. The maximum Gasteiger partial charge on any atom is 0.286 e. The molecule has 3 heterocycles. The van der Waals surface area contributed by atoms with Crippen molar-refractivity contribution in [3.8, 4) is 0 Å². The Balaban J connectivity index is 1.40. The Morgan fingerprint density at radius 3 is 2.48 bits per heavy atom. The molecule has 0 aliphatic carbocycles. The van der Waals surface area contributed by atoms with Gasteiger partial charge >= 0.3 is 0 Å². The molecule has 33 heavy (non-hydrogen) atoms. The molecule has 2 fully saturated rings. The number of halogens is 2. The van der Waals surface area contributed by atoms with E-state index < -0.39 is 10.0 Å². The summed E-state index contributed by atoms with van der Waals surface area (Å²) in [6.07, 6.45) is 3.43. The first kappa shape index (κ1) is 22.2. The van der Waals surface area contributed by atoms with Crippen LogP contribution < -0.4 is 9.80 Å². The minimum atomic E-state index is -3.91. The van der Waals surface area contributed by atoms with E-state index in [0.717, 1.165) is 19.3 Å². The summed E-state index contributed by atoms with van der Waals surface area (Å²) in [4.78, 5) is 18.7. The number of carbonyl (C=O) groups is 1. The monoisotopic (exact) mass is 490 g/mol. The van der Waals surface area contributed by atoms with E-state index >= 15 is 0 Å². The molecular weight excluding hydrogens is 467 g/mol. The molecule has 0 radical (unpaired) electrons. The van der Waals surface area contributed by atoms with Crippen molar-refractivity contribution in [2.45, 2.75) is 30.6 Å². The molecule has 3 aliphatic rings. The standard InChI is InChI=1S/C23H24ClFN4O3S/c24-17-15-20-21(33(31,32)26-22-8-2-1-5-9-29(20)22)14-16(17)23(30)28-12-10-27(11-13-28)19-7-4-3-6-18(19)25/h3-4,6-7,14-15H,1-2,5,8-13H2. The largest absolute Gasteiger partial charge is 0.366 e. The van der Waals surface area contributed by atoms with Crippen molar-refractivity contribution < 1.29 is 17.6 Å². The van der Waals surface area contributed by atoms with Gasteiger partial charge in [-0.3, -0.25) is 4.79 Å². The van der Waals surface area contributed by atoms with Gasteiger partial charge in [-0.2, -0.15) is 8.42 Å². The van der Waals surface area contributed by atoms with Gasteiger partial charge in [0.05, 0.1) is 22.0 Å². The molecule has 0 aromatic heterocycles. The fourth-order valence-corrected chi connectivity index (χ4v) is 6.19. The first-order valence-electron chi connectivity index (χ1n) is 11.1. The lowest BCUT2D eigenvalue weighted by atomic mass is 10.1. The van der Waals surface area contributed by atoms with Crippen LogP contribution in [0.1, 0.15) is 36.0 Å². The maximum atomic E-state index is 14.1. The summed E-state index contributed by atoms with van der Waals surface area (Å²) in [5, 5.41) is 0.219. The van der Waals surface area contributed by atoms with E-state index in [1.165, 1.54) is 12.1 Å². The van der Waals surface area contributed by atoms with Crippen LogP contribution in [0.15, 0.2) is 45.7 Å². The molecule has 0 saturated carbocycles. The van der Waals surface area contributed by atoms with Crippen LogP contribution in [0.3, 0.4) is 0 Å². The summed E-state index contributed by atoms with van der Waals surface area (Å²) in [6, 6.07) is 9.50. The van der Waals surface area contributed by atoms with Crippen LogP contribution in [0.5, 0.6) is 0 Å². The van der Waals surface area contributed by atoms with E-state index in [9.17, 15) is 17.6 Å². The molecule has 7 nitrogen and oxygen atoms in total. The van der Waals surface area contributed by atoms with Crippen LogP contribution in [-0.4, -0.2) is 57.8 Å². The smallest absolute Gasteiger partial charge is 0.286 e. The molecule has 2 aromatic carbocycles. The van der Waals surface area contributed by atoms with Crippen LogP contribution >= 0.6 is 11.6 Å². The third-order valence-corrected chi connectivity index (χ3v) is 8.07. The lowest BCUT2D eigenvalue weighted by molar-refractivity contribution is 0.0746. The number of rotatable bonds is 2. The molecule has 3 aliphatic heterocycles. The van der Waals surface area contributed by atoms with Crippen LogP contribution in [0, 0.1) is 5.82 Å². The van der Waals surface area contributed by atoms with E-state index in [0.29, 0.717) is 56.4 Å². The molecule has 5 rings (SSSR count). The van der Waals surface area contributed by atoms with Crippen LogP contribution in [0.25, 0.3) is 0 Å². The Bertz CT molecular complexity index is 1240. The molecule has 10 heteroatoms. The Labute approximate surface area is 197 Å². The van der Waals surface area contributed by atoms with Gasteiger partial charge < -0.3 is 14.7 Å². The van der Waals surface area contributed by atoms with Gasteiger partial charge in [0, 0.05) is 39.1 Å². The molecule has 0 spiro atoms. The Morgan fingerprint density at radius 1 is 0.970 bits per heavy atom. The third kappa shape index (κ3) is 4.08. The van der Waals surface area contributed by atoms with Crippen molar-refractivity contribution in [3.63, 3.8) is 0 Å². The molecule has 2 saturated heterocycles. The number of carbonyl (C=O) groups excluding carboxylic acids is 1. The highest BCUT2D eigenvalue weighted by molar-refractivity contribution is 7.90. The van der Waals surface area contributed by atoms with Gasteiger partial charge in [-0.05, 0) is 37.1 Å². The highest BCUT2D eigenvalue weighted by Gasteiger charge is 2.34. The molecule has 1 amide bonds. The third-order valence-electron chi connectivity index (χ3n) is 6.43. The van der Waals surface area contributed by atoms with Crippen molar-refractivity contribution in [1.29, 1.82) is 0 Å². The minimum Gasteiger partial charge on any atom is -0.366 e. The molecule has 0 N–H and O–H groups in total. The summed E-state index contributed by atoms with van der Waals surface area (Å²) in [5.74, 6) is -0.0927. The SMILES string of the molecule is O=C(c1cc2c(cc1Cl)N1CCCCCC1=NS2(=O)=O)N1CCN(c2ccccc2F)CC1. The van der Waals surface area contributed by atoms with Gasteiger partial charge in [0.15, 0.2) is 0 Å². The Morgan fingerprint density at radius 2 is 1.73 bits per heavy atom. The summed E-state index contributed by atoms with van der Waals surface area (Å²) in [5.41, 5.74) is 1.15. The van der Waals surface area contributed by atoms with E-state index in [1.807, 2.05) is 9.80 Å². The Kier molecular flexibility index (Phi) is 5.78. The molecule has 2 aromatic rings. The van der Waals surface area contributed by atoms with Crippen molar-refractivity contribution in [3.05, 3.63) is 52.8 Å². The zero-order valence-corrected chi connectivity index (χ0v) is 19.6. The van der Waals surface area contributed by atoms with Gasteiger partial charge in [0.2, 0.25) is 0 Å². The number of sulfonamides is 1. The number of nitrogens with zero attached hydrogens (tertiary/aromatic N) is 4. The van der Waals surface area contributed by atoms with Crippen LogP contribution in [0.2, 0.25) is 5.02 Å². The summed E-state index contributed by atoms with van der Waals surface area (Å²) in [7, 11) is -3.91. The zero-order valence-electron chi connectivity index (χ0n) is 18.0. The summed E-state index contributed by atoms with van der Waals surface area (Å²) >= 11 is 6.52. The van der Waals surface area contributed by atoms with Crippen molar-refractivity contribution in [1.82, 2.24) is 4.90 Å². The highest BCUT2D eigenvalue weighted by Crippen LogP contribution is 2.38. The average Bonchev–Trinajstić information content (AvgIpc) is 3.04. The van der Waals surface area contributed by atoms with E-state index in [-0.39, 0.29) is 27.2 Å². The van der Waals surface area contributed by atoms with Gasteiger partial charge in [-0.15, -0.1) is 4.40 Å². The topological polar surface area (TPSA) is 73.3 Å². The number of para-hydroxylation sites is 1. The fourth-order valence-electron chi connectivity index (χ4n) is 4.69. The molecule has 174 valence electrons. The predicted octanol–water partition coefficient (Wildman–Crippen LogP) is 3.92. The quantitative estimate of drug-likeness (QED) is 0.638. The molecule has 0 unspecified atom stereocenters. The predicted molar refractivity (Wildman–Crippen MR) is 126 cm³/mol. The second-order valence-electron chi connectivity index (χ2n) is 8.48. The second-order valence-corrected chi connectivity index (χ2v) is 10.5. The summed E-state index contributed by atoms with van der Waals surface area (Å²) in [6.45, 7) is 2.36. The average molecular weight is 491 g/mol. The fraction of sp³-hybridized carbons (Fsp3) is 0.391. The highest BCUT2D eigenvalue weighted by atomic mass is 35.5. The number of piperazine rings is 1. The van der Waals surface area contributed by atoms with Gasteiger partial charge in [0.25, 0.3) is 15.9 Å². The van der Waals surface area contributed by atoms with Crippen molar-refractivity contribution in [2.24, 2.45) is 4.40 Å². The Hall–Kier alpha value is -2.65. The number of benzene rings is 2. The molecular formula is C23H24ClFN4O3S.